The molecule has 108 valence electrons. The van der Waals surface area contributed by atoms with Gasteiger partial charge in [0, 0.05) is 5.56 Å². The van der Waals surface area contributed by atoms with Crippen LogP contribution < -0.4 is 20.7 Å². The molecule has 0 bridgehead atoms. The average Bonchev–Trinajstić information content (AvgIpc) is 2.53. The molecule has 0 atom stereocenters. The van der Waals surface area contributed by atoms with Crippen molar-refractivity contribution >= 4 is 5.84 Å². The number of amidine groups is 1. The molecular weight excluding hydrogens is 254 g/mol. The van der Waals surface area contributed by atoms with Crippen LogP contribution >= 0.6 is 0 Å². The summed E-state index contributed by atoms with van der Waals surface area (Å²) in [4.78, 5) is 4.76. The van der Waals surface area contributed by atoms with Crippen LogP contribution in [-0.2, 0) is 0 Å². The van der Waals surface area contributed by atoms with Crippen molar-refractivity contribution in [3.8, 4) is 11.5 Å². The second-order valence-electron chi connectivity index (χ2n) is 5.27. The number of aliphatic imine (C=N–C) groups is 1. The molecule has 1 heterocycles. The van der Waals surface area contributed by atoms with E-state index in [1.807, 2.05) is 18.2 Å². The lowest BCUT2D eigenvalue weighted by molar-refractivity contribution is 0.171. The maximum atomic E-state index is 5.65. The number of hydrogen-bond acceptors (Lipinski definition) is 4. The summed E-state index contributed by atoms with van der Waals surface area (Å²) in [5.41, 5.74) is 3.67. The summed E-state index contributed by atoms with van der Waals surface area (Å²) in [5, 5.41) is 0. The lowest BCUT2D eigenvalue weighted by Gasteiger charge is -2.21. The van der Waals surface area contributed by atoms with Crippen molar-refractivity contribution in [3.63, 3.8) is 0 Å². The van der Waals surface area contributed by atoms with Gasteiger partial charge in [-0.1, -0.05) is 19.3 Å². The number of nitrogens with one attached hydrogen (secondary N) is 1. The van der Waals surface area contributed by atoms with Gasteiger partial charge in [0.1, 0.15) is 19.0 Å². The minimum Gasteiger partial charge on any atom is -0.486 e. The van der Waals surface area contributed by atoms with Gasteiger partial charge in [-0.3, -0.25) is 4.99 Å². The number of ether oxygens (including phenoxy) is 2. The average molecular weight is 275 g/mol. The van der Waals surface area contributed by atoms with Crippen LogP contribution in [0.1, 0.15) is 37.7 Å². The quantitative estimate of drug-likeness (QED) is 0.375. The summed E-state index contributed by atoms with van der Waals surface area (Å²) in [6.07, 6.45) is 6.13. The molecule has 1 aliphatic heterocycles. The van der Waals surface area contributed by atoms with Crippen LogP contribution in [-0.4, -0.2) is 25.1 Å². The highest BCUT2D eigenvalue weighted by molar-refractivity contribution is 5.99. The van der Waals surface area contributed by atoms with Crippen molar-refractivity contribution in [3.05, 3.63) is 23.8 Å². The van der Waals surface area contributed by atoms with E-state index in [2.05, 4.69) is 5.43 Å². The third-order valence-electron chi connectivity index (χ3n) is 3.84. The normalized spacial score (nSPS) is 19.8. The van der Waals surface area contributed by atoms with Gasteiger partial charge in [-0.2, -0.15) is 0 Å². The molecule has 0 aromatic heterocycles. The van der Waals surface area contributed by atoms with E-state index in [-0.39, 0.29) is 0 Å². The Morgan fingerprint density at radius 2 is 1.85 bits per heavy atom. The van der Waals surface area contributed by atoms with E-state index in [1.54, 1.807) is 0 Å². The van der Waals surface area contributed by atoms with Gasteiger partial charge in [-0.15, -0.1) is 0 Å². The first-order valence-electron chi connectivity index (χ1n) is 7.31. The molecule has 1 aromatic carbocycles. The van der Waals surface area contributed by atoms with Gasteiger partial charge in [0.05, 0.1) is 6.04 Å². The molecule has 2 aliphatic rings. The standard InChI is InChI=1S/C15H21N3O2/c16-18-15(17-12-4-2-1-3-5-12)11-6-7-13-14(10-11)20-9-8-19-13/h6-7,10,12H,1-5,8-9,16H2,(H,17,18). The Hall–Kier alpha value is -1.75. The first-order valence-corrected chi connectivity index (χ1v) is 7.31. The highest BCUT2D eigenvalue weighted by Crippen LogP contribution is 2.31. The van der Waals surface area contributed by atoms with E-state index < -0.39 is 0 Å². The molecule has 3 N–H and O–H groups in total. The number of hydrazine groups is 1. The lowest BCUT2D eigenvalue weighted by atomic mass is 9.96. The maximum absolute atomic E-state index is 5.65. The van der Waals surface area contributed by atoms with Gasteiger partial charge in [0.15, 0.2) is 11.5 Å². The Bertz CT molecular complexity index is 496. The number of hydrogen-bond donors (Lipinski definition) is 2. The predicted molar refractivity (Wildman–Crippen MR) is 78.2 cm³/mol. The fraction of sp³-hybridized carbons (Fsp3) is 0.533. The number of nitrogens with zero attached hydrogens (tertiary/aromatic N) is 1. The molecule has 1 aromatic rings. The van der Waals surface area contributed by atoms with Gasteiger partial charge in [-0.25, -0.2) is 5.84 Å². The Labute approximate surface area is 119 Å². The van der Waals surface area contributed by atoms with Crippen molar-refractivity contribution in [1.82, 2.24) is 5.43 Å². The number of fused-ring (bicyclic) bond motifs is 1. The SMILES string of the molecule is NNC(=NC1CCCCC1)c1ccc2c(c1)OCCO2. The Balaban J connectivity index is 1.83. The van der Waals surface area contributed by atoms with Gasteiger partial charge < -0.3 is 14.9 Å². The van der Waals surface area contributed by atoms with Crippen LogP contribution in [0.2, 0.25) is 0 Å². The maximum Gasteiger partial charge on any atom is 0.162 e. The molecule has 1 aliphatic carbocycles. The summed E-state index contributed by atoms with van der Waals surface area (Å²) in [6, 6.07) is 6.20. The third-order valence-corrected chi connectivity index (χ3v) is 3.84. The fourth-order valence-electron chi connectivity index (χ4n) is 2.78. The molecule has 3 rings (SSSR count). The van der Waals surface area contributed by atoms with Crippen LogP contribution in [0.25, 0.3) is 0 Å². The third kappa shape index (κ3) is 2.88. The molecule has 0 spiro atoms. The minimum absolute atomic E-state index is 0.378. The molecular formula is C15H21N3O2. The molecule has 0 amide bonds. The molecule has 5 nitrogen and oxygen atoms in total. The van der Waals surface area contributed by atoms with Gasteiger partial charge in [0.2, 0.25) is 0 Å². The Kier molecular flexibility index (Phi) is 4.06. The zero-order chi connectivity index (χ0) is 13.8. The van der Waals surface area contributed by atoms with Gasteiger partial charge in [-0.05, 0) is 31.0 Å². The summed E-state index contributed by atoms with van der Waals surface area (Å²) in [5.74, 6) is 7.93. The monoisotopic (exact) mass is 275 g/mol. The summed E-state index contributed by atoms with van der Waals surface area (Å²) in [6.45, 7) is 1.19. The zero-order valence-corrected chi connectivity index (χ0v) is 11.6. The first-order chi connectivity index (χ1) is 9.86. The van der Waals surface area contributed by atoms with Crippen LogP contribution in [0.5, 0.6) is 11.5 Å². The largest absolute Gasteiger partial charge is 0.486 e. The van der Waals surface area contributed by atoms with E-state index in [9.17, 15) is 0 Å². The molecule has 20 heavy (non-hydrogen) atoms. The Morgan fingerprint density at radius 1 is 1.10 bits per heavy atom. The van der Waals surface area contributed by atoms with E-state index in [1.165, 1.54) is 19.3 Å². The van der Waals surface area contributed by atoms with Crippen LogP contribution in [0.15, 0.2) is 23.2 Å². The van der Waals surface area contributed by atoms with Gasteiger partial charge >= 0.3 is 0 Å². The zero-order valence-electron chi connectivity index (χ0n) is 11.6. The molecule has 0 unspecified atom stereocenters. The second-order valence-corrected chi connectivity index (χ2v) is 5.27. The summed E-state index contributed by atoms with van der Waals surface area (Å²) in [7, 11) is 0. The highest BCUT2D eigenvalue weighted by atomic mass is 16.6. The van der Waals surface area contributed by atoms with Crippen molar-refractivity contribution in [1.29, 1.82) is 0 Å². The van der Waals surface area contributed by atoms with Crippen LogP contribution in [0.4, 0.5) is 0 Å². The van der Waals surface area contributed by atoms with Gasteiger partial charge in [0.25, 0.3) is 0 Å². The molecule has 0 saturated heterocycles. The molecule has 1 fully saturated rings. The number of benzene rings is 1. The van der Waals surface area contributed by atoms with Crippen molar-refractivity contribution in [2.24, 2.45) is 10.8 Å². The summed E-state index contributed by atoms with van der Waals surface area (Å²) >= 11 is 0. The second kappa shape index (κ2) is 6.13. The van der Waals surface area contributed by atoms with Crippen LogP contribution in [0, 0.1) is 0 Å². The van der Waals surface area contributed by atoms with Crippen LogP contribution in [0.3, 0.4) is 0 Å². The minimum atomic E-state index is 0.378. The molecule has 1 saturated carbocycles. The Morgan fingerprint density at radius 3 is 2.60 bits per heavy atom. The van der Waals surface area contributed by atoms with Crippen molar-refractivity contribution < 1.29 is 9.47 Å². The number of rotatable bonds is 2. The molecule has 5 heteroatoms. The van der Waals surface area contributed by atoms with E-state index in [0.717, 1.165) is 35.7 Å². The van der Waals surface area contributed by atoms with Crippen molar-refractivity contribution in [2.45, 2.75) is 38.1 Å². The van der Waals surface area contributed by atoms with E-state index >= 15 is 0 Å². The fourth-order valence-corrected chi connectivity index (χ4v) is 2.78. The predicted octanol–water partition coefficient (Wildman–Crippen LogP) is 2.00. The van der Waals surface area contributed by atoms with E-state index in [0.29, 0.717) is 19.3 Å². The molecule has 0 radical (unpaired) electrons. The lowest BCUT2D eigenvalue weighted by Crippen LogP contribution is -2.33. The summed E-state index contributed by atoms with van der Waals surface area (Å²) < 4.78 is 11.1. The van der Waals surface area contributed by atoms with Crippen molar-refractivity contribution in [2.75, 3.05) is 13.2 Å². The van der Waals surface area contributed by atoms with E-state index in [4.69, 9.17) is 20.3 Å². The topological polar surface area (TPSA) is 68.9 Å². The number of nitrogens with two attached hydrogens (primary N) is 1. The highest BCUT2D eigenvalue weighted by Gasteiger charge is 2.16. The first kappa shape index (κ1) is 13.2. The smallest absolute Gasteiger partial charge is 0.162 e.